The standard InChI is InChI=1S/C22H17ClF6N4/c1-32(9-13-3-2-4-15(7-13)22(27,28)29)10-14-5-6-17-16(8-14)18-19(20(23)31-12-30-18)33(17)11-21(24,25)26/h2-8,12H,9-11H2,1H3. The SMILES string of the molecule is CN(Cc1cccc(C(F)(F)F)c1)Cc1ccc2c(c1)c1ncnc(Cl)c1n2CC(F)(F)F. The second kappa shape index (κ2) is 8.49. The molecule has 2 heterocycles. The van der Waals surface area contributed by atoms with Crippen molar-refractivity contribution in [3.8, 4) is 0 Å². The van der Waals surface area contributed by atoms with Crippen molar-refractivity contribution in [1.82, 2.24) is 19.4 Å². The van der Waals surface area contributed by atoms with Crippen LogP contribution >= 0.6 is 11.6 Å². The molecule has 0 aliphatic heterocycles. The van der Waals surface area contributed by atoms with E-state index in [2.05, 4.69) is 9.97 Å². The van der Waals surface area contributed by atoms with E-state index in [-0.39, 0.29) is 17.2 Å². The van der Waals surface area contributed by atoms with E-state index in [1.807, 2.05) is 4.90 Å². The van der Waals surface area contributed by atoms with Gasteiger partial charge in [0, 0.05) is 18.5 Å². The predicted molar refractivity (Wildman–Crippen MR) is 113 cm³/mol. The first kappa shape index (κ1) is 23.3. The monoisotopic (exact) mass is 486 g/mol. The maximum absolute atomic E-state index is 13.2. The van der Waals surface area contributed by atoms with E-state index >= 15 is 0 Å². The number of hydrogen-bond donors (Lipinski definition) is 0. The molecule has 174 valence electrons. The fourth-order valence-corrected chi connectivity index (χ4v) is 4.12. The third kappa shape index (κ3) is 5.06. The van der Waals surface area contributed by atoms with Crippen LogP contribution < -0.4 is 0 Å². The quantitative estimate of drug-likeness (QED) is 0.240. The maximum atomic E-state index is 13.2. The van der Waals surface area contributed by atoms with Gasteiger partial charge < -0.3 is 4.57 Å². The fraction of sp³-hybridized carbons (Fsp3) is 0.273. The Morgan fingerprint density at radius 3 is 2.30 bits per heavy atom. The normalized spacial score (nSPS) is 12.9. The zero-order valence-electron chi connectivity index (χ0n) is 17.2. The molecule has 0 amide bonds. The molecule has 2 aromatic carbocycles. The minimum Gasteiger partial charge on any atom is -0.327 e. The van der Waals surface area contributed by atoms with E-state index in [9.17, 15) is 26.3 Å². The molecule has 11 heteroatoms. The lowest BCUT2D eigenvalue weighted by Crippen LogP contribution is -2.18. The van der Waals surface area contributed by atoms with Crippen molar-refractivity contribution >= 4 is 33.5 Å². The van der Waals surface area contributed by atoms with Gasteiger partial charge in [-0.05, 0) is 36.4 Å². The highest BCUT2D eigenvalue weighted by molar-refractivity contribution is 6.34. The number of alkyl halides is 6. The summed E-state index contributed by atoms with van der Waals surface area (Å²) in [6.45, 7) is -0.627. The molecule has 0 atom stereocenters. The molecule has 0 fully saturated rings. The third-order valence-corrected chi connectivity index (χ3v) is 5.43. The Labute approximate surface area is 189 Å². The Kier molecular flexibility index (Phi) is 6.00. The molecule has 0 bridgehead atoms. The minimum absolute atomic E-state index is 0.0799. The Bertz CT molecular complexity index is 1310. The van der Waals surface area contributed by atoms with Gasteiger partial charge in [0.15, 0.2) is 5.15 Å². The van der Waals surface area contributed by atoms with Crippen LogP contribution in [0.5, 0.6) is 0 Å². The smallest absolute Gasteiger partial charge is 0.327 e. The lowest BCUT2D eigenvalue weighted by molar-refractivity contribution is -0.139. The number of nitrogens with zero attached hydrogens (tertiary/aromatic N) is 4. The maximum Gasteiger partial charge on any atom is 0.416 e. The second-order valence-corrected chi connectivity index (χ2v) is 8.14. The van der Waals surface area contributed by atoms with Gasteiger partial charge in [-0.25, -0.2) is 9.97 Å². The Balaban J connectivity index is 1.65. The first-order valence-corrected chi connectivity index (χ1v) is 10.1. The van der Waals surface area contributed by atoms with Gasteiger partial charge in [-0.3, -0.25) is 4.90 Å². The van der Waals surface area contributed by atoms with Gasteiger partial charge in [0.2, 0.25) is 0 Å². The Morgan fingerprint density at radius 2 is 1.64 bits per heavy atom. The average molecular weight is 487 g/mol. The van der Waals surface area contributed by atoms with Crippen molar-refractivity contribution in [2.75, 3.05) is 7.05 Å². The molecule has 4 rings (SSSR count). The third-order valence-electron chi connectivity index (χ3n) is 5.15. The summed E-state index contributed by atoms with van der Waals surface area (Å²) >= 11 is 6.09. The summed E-state index contributed by atoms with van der Waals surface area (Å²) in [5.41, 5.74) is 1.25. The van der Waals surface area contributed by atoms with Gasteiger partial charge in [-0.1, -0.05) is 35.9 Å². The molecule has 4 nitrogen and oxygen atoms in total. The highest BCUT2D eigenvalue weighted by Crippen LogP contribution is 2.34. The van der Waals surface area contributed by atoms with Crippen LogP contribution in [0.1, 0.15) is 16.7 Å². The van der Waals surface area contributed by atoms with Crippen molar-refractivity contribution in [3.05, 3.63) is 70.6 Å². The van der Waals surface area contributed by atoms with Crippen molar-refractivity contribution in [1.29, 1.82) is 0 Å². The highest BCUT2D eigenvalue weighted by Gasteiger charge is 2.31. The van der Waals surface area contributed by atoms with E-state index in [0.717, 1.165) is 22.3 Å². The number of hydrogen-bond acceptors (Lipinski definition) is 3. The van der Waals surface area contributed by atoms with E-state index in [4.69, 9.17) is 11.6 Å². The summed E-state index contributed by atoms with van der Waals surface area (Å²) in [4.78, 5) is 9.76. The average Bonchev–Trinajstić information content (AvgIpc) is 3.00. The molecule has 2 aromatic heterocycles. The van der Waals surface area contributed by atoms with Gasteiger partial charge in [0.05, 0.1) is 11.1 Å². The van der Waals surface area contributed by atoms with Crippen LogP contribution in [0.25, 0.3) is 21.9 Å². The summed E-state index contributed by atoms with van der Waals surface area (Å²) in [6.07, 6.45) is -7.70. The summed E-state index contributed by atoms with van der Waals surface area (Å²) in [7, 11) is 1.75. The molecule has 4 aromatic rings. The number of fused-ring (bicyclic) bond motifs is 3. The molecular formula is C22H17ClF6N4. The topological polar surface area (TPSA) is 34.0 Å². The van der Waals surface area contributed by atoms with Gasteiger partial charge in [-0.2, -0.15) is 26.3 Å². The van der Waals surface area contributed by atoms with Gasteiger partial charge in [-0.15, -0.1) is 0 Å². The number of benzene rings is 2. The number of halogens is 7. The molecular weight excluding hydrogens is 470 g/mol. The lowest BCUT2D eigenvalue weighted by Gasteiger charge is -2.18. The van der Waals surface area contributed by atoms with Crippen molar-refractivity contribution in [2.24, 2.45) is 0 Å². The molecule has 0 unspecified atom stereocenters. The molecule has 33 heavy (non-hydrogen) atoms. The van der Waals surface area contributed by atoms with Crippen LogP contribution in [-0.4, -0.2) is 32.7 Å². The zero-order chi connectivity index (χ0) is 24.0. The van der Waals surface area contributed by atoms with Gasteiger partial charge in [0.1, 0.15) is 23.9 Å². The lowest BCUT2D eigenvalue weighted by atomic mass is 10.1. The highest BCUT2D eigenvalue weighted by atomic mass is 35.5. The molecule has 0 saturated carbocycles. The first-order valence-electron chi connectivity index (χ1n) is 9.75. The predicted octanol–water partition coefficient (Wildman–Crippen LogP) is 6.45. The molecule has 0 radical (unpaired) electrons. The van der Waals surface area contributed by atoms with Crippen LogP contribution in [0.4, 0.5) is 26.3 Å². The molecule has 0 N–H and O–H groups in total. The summed E-state index contributed by atoms with van der Waals surface area (Å²) < 4.78 is 79.5. The van der Waals surface area contributed by atoms with Crippen molar-refractivity contribution in [2.45, 2.75) is 32.0 Å². The fourth-order valence-electron chi connectivity index (χ4n) is 3.89. The van der Waals surface area contributed by atoms with Crippen LogP contribution in [0, 0.1) is 0 Å². The minimum atomic E-state index is -4.47. The van der Waals surface area contributed by atoms with E-state index in [1.54, 1.807) is 31.3 Å². The molecule has 0 aliphatic rings. The summed E-state index contributed by atoms with van der Waals surface area (Å²) in [5.74, 6) is 0. The number of aromatic nitrogens is 3. The molecule has 0 spiro atoms. The second-order valence-electron chi connectivity index (χ2n) is 7.78. The number of rotatable bonds is 5. The Hall–Kier alpha value is -2.85. The van der Waals surface area contributed by atoms with Crippen LogP contribution in [0.2, 0.25) is 5.15 Å². The molecule has 0 saturated heterocycles. The van der Waals surface area contributed by atoms with Crippen LogP contribution in [0.3, 0.4) is 0 Å². The van der Waals surface area contributed by atoms with E-state index in [1.165, 1.54) is 12.4 Å². The summed E-state index contributed by atoms with van der Waals surface area (Å²) in [5, 5.41) is 0.409. The van der Waals surface area contributed by atoms with Gasteiger partial charge in [0.25, 0.3) is 0 Å². The van der Waals surface area contributed by atoms with E-state index in [0.29, 0.717) is 28.5 Å². The first-order chi connectivity index (χ1) is 15.4. The van der Waals surface area contributed by atoms with Crippen molar-refractivity contribution in [3.63, 3.8) is 0 Å². The van der Waals surface area contributed by atoms with Crippen LogP contribution in [-0.2, 0) is 25.8 Å². The largest absolute Gasteiger partial charge is 0.416 e. The summed E-state index contributed by atoms with van der Waals surface area (Å²) in [6, 6.07) is 10.0. The zero-order valence-corrected chi connectivity index (χ0v) is 17.9. The van der Waals surface area contributed by atoms with Crippen molar-refractivity contribution < 1.29 is 26.3 Å². The van der Waals surface area contributed by atoms with E-state index < -0.39 is 24.5 Å². The van der Waals surface area contributed by atoms with Crippen LogP contribution in [0.15, 0.2) is 48.8 Å². The molecule has 0 aliphatic carbocycles. The Morgan fingerprint density at radius 1 is 0.939 bits per heavy atom. The van der Waals surface area contributed by atoms with Gasteiger partial charge >= 0.3 is 12.4 Å².